The first-order chi connectivity index (χ1) is 11.8. The van der Waals surface area contributed by atoms with Crippen molar-refractivity contribution in [2.75, 3.05) is 38.0 Å². The molecular formula is C18H26N4O3. The van der Waals surface area contributed by atoms with Gasteiger partial charge in [-0.2, -0.15) is 0 Å². The van der Waals surface area contributed by atoms with Crippen molar-refractivity contribution in [2.45, 2.75) is 26.8 Å². The fourth-order valence-electron chi connectivity index (χ4n) is 2.76. The van der Waals surface area contributed by atoms with Crippen LogP contribution in [0.5, 0.6) is 0 Å². The number of carbonyl (C=O) groups excluding carboxylic acids is 3. The summed E-state index contributed by atoms with van der Waals surface area (Å²) in [5.74, 6) is -0.152. The predicted molar refractivity (Wildman–Crippen MR) is 96.4 cm³/mol. The van der Waals surface area contributed by atoms with E-state index in [9.17, 15) is 14.4 Å². The first-order valence-electron chi connectivity index (χ1n) is 8.54. The Labute approximate surface area is 148 Å². The number of hydrogen-bond donors (Lipinski definition) is 2. The molecule has 1 fully saturated rings. The van der Waals surface area contributed by atoms with Crippen molar-refractivity contribution >= 4 is 23.4 Å². The zero-order valence-electron chi connectivity index (χ0n) is 15.0. The van der Waals surface area contributed by atoms with Crippen LogP contribution in [0.2, 0.25) is 0 Å². The Morgan fingerprint density at radius 3 is 2.16 bits per heavy atom. The second-order valence-corrected chi connectivity index (χ2v) is 6.55. The second-order valence-electron chi connectivity index (χ2n) is 6.55. The molecule has 7 nitrogen and oxygen atoms in total. The third-order valence-corrected chi connectivity index (χ3v) is 3.93. The Hall–Kier alpha value is -2.41. The van der Waals surface area contributed by atoms with Crippen molar-refractivity contribution in [3.8, 4) is 0 Å². The van der Waals surface area contributed by atoms with E-state index in [-0.39, 0.29) is 23.8 Å². The molecule has 25 heavy (non-hydrogen) atoms. The van der Waals surface area contributed by atoms with Crippen molar-refractivity contribution < 1.29 is 14.4 Å². The van der Waals surface area contributed by atoms with Crippen molar-refractivity contribution in [1.82, 2.24) is 15.1 Å². The van der Waals surface area contributed by atoms with Crippen LogP contribution >= 0.6 is 0 Å². The molecule has 1 aliphatic heterocycles. The summed E-state index contributed by atoms with van der Waals surface area (Å²) in [5, 5.41) is 5.56. The van der Waals surface area contributed by atoms with Gasteiger partial charge in [-0.25, -0.2) is 0 Å². The number of rotatable bonds is 5. The number of carbonyl (C=O) groups is 3. The lowest BCUT2D eigenvalue weighted by molar-refractivity contribution is -0.123. The normalized spacial score (nSPS) is 15.1. The zero-order chi connectivity index (χ0) is 18.4. The minimum atomic E-state index is -0.142. The quantitative estimate of drug-likeness (QED) is 0.831. The monoisotopic (exact) mass is 346 g/mol. The van der Waals surface area contributed by atoms with Gasteiger partial charge >= 0.3 is 0 Å². The summed E-state index contributed by atoms with van der Waals surface area (Å²) < 4.78 is 0. The van der Waals surface area contributed by atoms with E-state index in [4.69, 9.17) is 0 Å². The molecule has 3 amide bonds. The number of nitrogens with one attached hydrogen (secondary N) is 2. The van der Waals surface area contributed by atoms with Crippen LogP contribution in [0.25, 0.3) is 0 Å². The van der Waals surface area contributed by atoms with E-state index in [2.05, 4.69) is 15.5 Å². The molecule has 0 aliphatic carbocycles. The van der Waals surface area contributed by atoms with E-state index in [1.165, 1.54) is 6.92 Å². The van der Waals surface area contributed by atoms with Crippen LogP contribution in [0.15, 0.2) is 24.3 Å². The van der Waals surface area contributed by atoms with Gasteiger partial charge in [0.1, 0.15) is 0 Å². The highest BCUT2D eigenvalue weighted by Gasteiger charge is 2.23. The molecule has 2 N–H and O–H groups in total. The van der Waals surface area contributed by atoms with Gasteiger partial charge in [-0.1, -0.05) is 0 Å². The third kappa shape index (κ3) is 5.86. The molecule has 7 heteroatoms. The van der Waals surface area contributed by atoms with E-state index >= 15 is 0 Å². The molecule has 0 unspecified atom stereocenters. The molecule has 1 aromatic rings. The molecular weight excluding hydrogens is 320 g/mol. The van der Waals surface area contributed by atoms with Crippen molar-refractivity contribution in [1.29, 1.82) is 0 Å². The second kappa shape index (κ2) is 8.62. The third-order valence-electron chi connectivity index (χ3n) is 3.93. The van der Waals surface area contributed by atoms with Gasteiger partial charge in [-0.15, -0.1) is 0 Å². The SMILES string of the molecule is CC(=O)Nc1ccc(C(=O)N2CCN(CC(=O)NC(C)C)CC2)cc1. The molecule has 1 saturated heterocycles. The highest BCUT2D eigenvalue weighted by molar-refractivity contribution is 5.95. The predicted octanol–water partition coefficient (Wildman–Crippen LogP) is 0.927. The Morgan fingerprint density at radius 2 is 1.64 bits per heavy atom. The maximum absolute atomic E-state index is 12.5. The number of hydrogen-bond acceptors (Lipinski definition) is 4. The summed E-state index contributed by atoms with van der Waals surface area (Å²) in [7, 11) is 0. The standard InChI is InChI=1S/C18H26N4O3/c1-13(2)19-17(24)12-21-8-10-22(11-9-21)18(25)15-4-6-16(7-5-15)20-14(3)23/h4-7,13H,8-12H2,1-3H3,(H,19,24)(H,20,23). The van der Waals surface area contributed by atoms with Crippen LogP contribution in [0.1, 0.15) is 31.1 Å². The fraction of sp³-hybridized carbons (Fsp3) is 0.500. The summed E-state index contributed by atoms with van der Waals surface area (Å²) in [6, 6.07) is 7.02. The Kier molecular flexibility index (Phi) is 6.52. The largest absolute Gasteiger partial charge is 0.353 e. The van der Waals surface area contributed by atoms with Crippen molar-refractivity contribution in [2.24, 2.45) is 0 Å². The van der Waals surface area contributed by atoms with Crippen LogP contribution in [0, 0.1) is 0 Å². The van der Waals surface area contributed by atoms with E-state index in [1.54, 1.807) is 29.2 Å². The number of amides is 3. The fourth-order valence-corrected chi connectivity index (χ4v) is 2.76. The van der Waals surface area contributed by atoms with Gasteiger partial charge in [0, 0.05) is 50.4 Å². The average molecular weight is 346 g/mol. The summed E-state index contributed by atoms with van der Waals surface area (Å²) in [6.07, 6.45) is 0. The summed E-state index contributed by atoms with van der Waals surface area (Å²) in [4.78, 5) is 39.2. The van der Waals surface area contributed by atoms with Crippen LogP contribution < -0.4 is 10.6 Å². The maximum atomic E-state index is 12.5. The molecule has 0 aromatic heterocycles. The average Bonchev–Trinajstić information content (AvgIpc) is 2.54. The molecule has 136 valence electrons. The minimum absolute atomic E-state index is 0.0170. The number of nitrogens with zero attached hydrogens (tertiary/aromatic N) is 2. The molecule has 0 bridgehead atoms. The molecule has 0 radical (unpaired) electrons. The van der Waals surface area contributed by atoms with Crippen LogP contribution in [0.3, 0.4) is 0 Å². The molecule has 1 aliphatic rings. The Balaban J connectivity index is 1.84. The number of anilines is 1. The van der Waals surface area contributed by atoms with Gasteiger partial charge < -0.3 is 15.5 Å². The molecule has 0 spiro atoms. The minimum Gasteiger partial charge on any atom is -0.353 e. The first kappa shape index (κ1) is 18.9. The lowest BCUT2D eigenvalue weighted by atomic mass is 10.1. The molecule has 2 rings (SSSR count). The highest BCUT2D eigenvalue weighted by atomic mass is 16.2. The number of benzene rings is 1. The van der Waals surface area contributed by atoms with Crippen LogP contribution in [-0.4, -0.2) is 66.3 Å². The van der Waals surface area contributed by atoms with E-state index in [0.29, 0.717) is 44.0 Å². The topological polar surface area (TPSA) is 81.8 Å². The van der Waals surface area contributed by atoms with Crippen molar-refractivity contribution in [3.63, 3.8) is 0 Å². The van der Waals surface area contributed by atoms with Gasteiger partial charge in [-0.05, 0) is 38.1 Å². The maximum Gasteiger partial charge on any atom is 0.253 e. The lowest BCUT2D eigenvalue weighted by Gasteiger charge is -2.34. The smallest absolute Gasteiger partial charge is 0.253 e. The molecule has 1 aromatic carbocycles. The van der Waals surface area contributed by atoms with E-state index in [0.717, 1.165) is 0 Å². The van der Waals surface area contributed by atoms with Gasteiger partial charge in [0.25, 0.3) is 5.91 Å². The Morgan fingerprint density at radius 1 is 1.04 bits per heavy atom. The first-order valence-corrected chi connectivity index (χ1v) is 8.54. The van der Waals surface area contributed by atoms with Crippen LogP contribution in [0.4, 0.5) is 5.69 Å². The summed E-state index contributed by atoms with van der Waals surface area (Å²) >= 11 is 0. The molecule has 1 heterocycles. The number of piperazine rings is 1. The highest BCUT2D eigenvalue weighted by Crippen LogP contribution is 2.13. The Bertz CT molecular complexity index is 620. The van der Waals surface area contributed by atoms with Gasteiger partial charge in [0.2, 0.25) is 11.8 Å². The summed E-state index contributed by atoms with van der Waals surface area (Å²) in [5.41, 5.74) is 1.27. The van der Waals surface area contributed by atoms with E-state index in [1.807, 2.05) is 13.8 Å². The van der Waals surface area contributed by atoms with Crippen molar-refractivity contribution in [3.05, 3.63) is 29.8 Å². The van der Waals surface area contributed by atoms with E-state index < -0.39 is 0 Å². The lowest BCUT2D eigenvalue weighted by Crippen LogP contribution is -2.51. The van der Waals surface area contributed by atoms with Crippen LogP contribution in [-0.2, 0) is 9.59 Å². The van der Waals surface area contributed by atoms with Gasteiger partial charge in [0.15, 0.2) is 0 Å². The molecule has 0 saturated carbocycles. The molecule has 0 atom stereocenters. The van der Waals surface area contributed by atoms with Gasteiger partial charge in [0.05, 0.1) is 6.54 Å². The summed E-state index contributed by atoms with van der Waals surface area (Å²) in [6.45, 7) is 8.24. The van der Waals surface area contributed by atoms with Gasteiger partial charge in [-0.3, -0.25) is 19.3 Å². The zero-order valence-corrected chi connectivity index (χ0v) is 15.0.